The molecule has 1 saturated heterocycles. The Balaban J connectivity index is 2.93. The lowest BCUT2D eigenvalue weighted by Crippen LogP contribution is -2.55. The van der Waals surface area contributed by atoms with E-state index in [4.69, 9.17) is 0 Å². The Morgan fingerprint density at radius 3 is 2.59 bits per heavy atom. The van der Waals surface area contributed by atoms with Crippen molar-refractivity contribution < 1.29 is 9.59 Å². The molecule has 0 radical (unpaired) electrons. The molecule has 2 amide bonds. The molecular formula is C13H24N2O2. The summed E-state index contributed by atoms with van der Waals surface area (Å²) in [6, 6.07) is 0.00225. The number of carbonyl (C=O) groups is 2. The van der Waals surface area contributed by atoms with Crippen molar-refractivity contribution in [2.75, 3.05) is 6.54 Å². The van der Waals surface area contributed by atoms with Crippen LogP contribution in [0.5, 0.6) is 0 Å². The molecule has 1 aliphatic heterocycles. The molecule has 17 heavy (non-hydrogen) atoms. The molecule has 0 aromatic carbocycles. The first-order valence-corrected chi connectivity index (χ1v) is 6.56. The maximum Gasteiger partial charge on any atom is 0.248 e. The molecule has 1 heterocycles. The van der Waals surface area contributed by atoms with Crippen LogP contribution >= 0.6 is 0 Å². The predicted octanol–water partition coefficient (Wildman–Crippen LogP) is 1.69. The molecule has 98 valence electrons. The third-order valence-electron chi connectivity index (χ3n) is 3.62. The van der Waals surface area contributed by atoms with E-state index in [0.29, 0.717) is 12.8 Å². The Labute approximate surface area is 104 Å². The van der Waals surface area contributed by atoms with Crippen molar-refractivity contribution in [3.63, 3.8) is 0 Å². The number of nitrogens with zero attached hydrogens (tertiary/aromatic N) is 1. The minimum atomic E-state index is -0.727. The topological polar surface area (TPSA) is 49.4 Å². The first kappa shape index (κ1) is 14.0. The van der Waals surface area contributed by atoms with Gasteiger partial charge in [0, 0.05) is 19.0 Å². The molecule has 1 fully saturated rings. The Morgan fingerprint density at radius 2 is 2.06 bits per heavy atom. The van der Waals surface area contributed by atoms with Gasteiger partial charge in [-0.25, -0.2) is 0 Å². The fourth-order valence-corrected chi connectivity index (χ4v) is 2.20. The van der Waals surface area contributed by atoms with E-state index >= 15 is 0 Å². The summed E-state index contributed by atoms with van der Waals surface area (Å²) in [4.78, 5) is 26.1. The second-order valence-corrected chi connectivity index (χ2v) is 5.14. The van der Waals surface area contributed by atoms with Crippen molar-refractivity contribution in [1.82, 2.24) is 10.2 Å². The highest BCUT2D eigenvalue weighted by Gasteiger charge is 2.41. The summed E-state index contributed by atoms with van der Waals surface area (Å²) < 4.78 is 0. The van der Waals surface area contributed by atoms with E-state index in [1.165, 1.54) is 0 Å². The number of nitrogens with one attached hydrogen (secondary N) is 1. The Hall–Kier alpha value is -1.06. The van der Waals surface area contributed by atoms with Crippen molar-refractivity contribution in [3.05, 3.63) is 0 Å². The maximum absolute atomic E-state index is 12.5. The van der Waals surface area contributed by atoms with Crippen LogP contribution in [0, 0.1) is 0 Å². The largest absolute Gasteiger partial charge is 0.342 e. The van der Waals surface area contributed by atoms with E-state index in [1.54, 1.807) is 0 Å². The molecule has 4 heteroatoms. The Morgan fingerprint density at radius 1 is 1.41 bits per heavy atom. The lowest BCUT2D eigenvalue weighted by molar-refractivity contribution is -0.139. The number of rotatable bonds is 4. The summed E-state index contributed by atoms with van der Waals surface area (Å²) in [7, 11) is 0. The number of unbranched alkanes of at least 4 members (excludes halogenated alkanes) is 1. The highest BCUT2D eigenvalue weighted by Crippen LogP contribution is 2.21. The molecule has 2 atom stereocenters. The van der Waals surface area contributed by atoms with Gasteiger partial charge < -0.3 is 10.2 Å². The van der Waals surface area contributed by atoms with E-state index in [9.17, 15) is 9.59 Å². The molecule has 1 N–H and O–H groups in total. The van der Waals surface area contributed by atoms with E-state index in [2.05, 4.69) is 12.2 Å². The molecular weight excluding hydrogens is 216 g/mol. The third kappa shape index (κ3) is 2.99. The van der Waals surface area contributed by atoms with Crippen LogP contribution in [-0.2, 0) is 9.59 Å². The summed E-state index contributed by atoms with van der Waals surface area (Å²) in [6.07, 6.45) is 3.09. The van der Waals surface area contributed by atoms with E-state index in [1.807, 2.05) is 25.7 Å². The zero-order chi connectivity index (χ0) is 13.1. The summed E-state index contributed by atoms with van der Waals surface area (Å²) in [5.41, 5.74) is -0.727. The van der Waals surface area contributed by atoms with Gasteiger partial charge in [0.2, 0.25) is 11.8 Å². The van der Waals surface area contributed by atoms with E-state index in [0.717, 1.165) is 19.4 Å². The lowest BCUT2D eigenvalue weighted by atomic mass is 9.97. The number of hydrogen-bond donors (Lipinski definition) is 1. The lowest BCUT2D eigenvalue weighted by Gasteiger charge is -2.33. The smallest absolute Gasteiger partial charge is 0.248 e. The van der Waals surface area contributed by atoms with Crippen molar-refractivity contribution in [2.45, 2.75) is 65.0 Å². The van der Waals surface area contributed by atoms with Crippen LogP contribution in [0.25, 0.3) is 0 Å². The summed E-state index contributed by atoms with van der Waals surface area (Å²) in [6.45, 7) is 8.57. The number of carbonyl (C=O) groups excluding carboxylic acids is 2. The molecule has 4 nitrogen and oxygen atoms in total. The molecule has 2 unspecified atom stereocenters. The summed E-state index contributed by atoms with van der Waals surface area (Å²) in [5, 5.41) is 2.86. The van der Waals surface area contributed by atoms with Crippen LogP contribution in [0.3, 0.4) is 0 Å². The van der Waals surface area contributed by atoms with Gasteiger partial charge in [-0.2, -0.15) is 0 Å². The van der Waals surface area contributed by atoms with Crippen LogP contribution in [0.4, 0.5) is 0 Å². The van der Waals surface area contributed by atoms with Gasteiger partial charge in [0.05, 0.1) is 0 Å². The van der Waals surface area contributed by atoms with E-state index in [-0.39, 0.29) is 17.9 Å². The molecule has 0 bridgehead atoms. The van der Waals surface area contributed by atoms with Crippen LogP contribution in [0.1, 0.15) is 53.4 Å². The number of hydrogen-bond acceptors (Lipinski definition) is 2. The van der Waals surface area contributed by atoms with Gasteiger partial charge in [-0.05, 0) is 26.7 Å². The Kier molecular flexibility index (Phi) is 4.54. The summed E-state index contributed by atoms with van der Waals surface area (Å²) in [5.74, 6) is 0.0426. The average Bonchev–Trinajstić information content (AvgIpc) is 2.35. The highest BCUT2D eigenvalue weighted by atomic mass is 16.2. The zero-order valence-corrected chi connectivity index (χ0v) is 11.4. The quantitative estimate of drug-likeness (QED) is 0.813. The second kappa shape index (κ2) is 5.52. The minimum absolute atomic E-state index is 0.00225. The molecule has 0 aliphatic carbocycles. The molecule has 1 aliphatic rings. The van der Waals surface area contributed by atoms with Crippen LogP contribution in [0.15, 0.2) is 0 Å². The Bertz CT molecular complexity index is 304. The first-order valence-electron chi connectivity index (χ1n) is 6.56. The molecule has 0 saturated carbocycles. The first-order chi connectivity index (χ1) is 7.94. The molecule has 1 rings (SSSR count). The fourth-order valence-electron chi connectivity index (χ4n) is 2.20. The van der Waals surface area contributed by atoms with Gasteiger partial charge in [0.15, 0.2) is 0 Å². The van der Waals surface area contributed by atoms with Crippen molar-refractivity contribution in [1.29, 1.82) is 0 Å². The normalized spacial score (nSPS) is 30.1. The highest BCUT2D eigenvalue weighted by molar-refractivity contribution is 5.93. The van der Waals surface area contributed by atoms with Gasteiger partial charge >= 0.3 is 0 Å². The fraction of sp³-hybridized carbons (Fsp3) is 0.846. The van der Waals surface area contributed by atoms with Gasteiger partial charge in [0.25, 0.3) is 0 Å². The van der Waals surface area contributed by atoms with Crippen LogP contribution in [0.2, 0.25) is 0 Å². The van der Waals surface area contributed by atoms with E-state index < -0.39 is 5.54 Å². The zero-order valence-electron chi connectivity index (χ0n) is 11.4. The van der Waals surface area contributed by atoms with Crippen LogP contribution in [-0.4, -0.2) is 34.8 Å². The van der Waals surface area contributed by atoms with Gasteiger partial charge in [-0.1, -0.05) is 20.3 Å². The predicted molar refractivity (Wildman–Crippen MR) is 67.5 cm³/mol. The molecule has 0 aromatic rings. The molecule has 0 spiro atoms. The third-order valence-corrected chi connectivity index (χ3v) is 3.62. The maximum atomic E-state index is 12.5. The standard InChI is InChI=1S/C13H24N2O2/c1-5-7-8-15-10(3)9-11(16)14-13(4,6-2)12(15)17/h10H,5-9H2,1-4H3,(H,14,16). The second-order valence-electron chi connectivity index (χ2n) is 5.14. The SMILES string of the molecule is CCCCN1C(=O)C(C)(CC)NC(=O)CC1C. The summed E-state index contributed by atoms with van der Waals surface area (Å²) >= 11 is 0. The average molecular weight is 240 g/mol. The van der Waals surface area contributed by atoms with Crippen molar-refractivity contribution >= 4 is 11.8 Å². The molecule has 0 aromatic heterocycles. The van der Waals surface area contributed by atoms with Gasteiger partial charge in [-0.15, -0.1) is 0 Å². The van der Waals surface area contributed by atoms with Crippen molar-refractivity contribution in [2.24, 2.45) is 0 Å². The van der Waals surface area contributed by atoms with Crippen LogP contribution < -0.4 is 5.32 Å². The van der Waals surface area contributed by atoms with Gasteiger partial charge in [0.1, 0.15) is 5.54 Å². The monoisotopic (exact) mass is 240 g/mol. The minimum Gasteiger partial charge on any atom is -0.342 e. The van der Waals surface area contributed by atoms with Gasteiger partial charge in [-0.3, -0.25) is 9.59 Å². The number of amides is 2. The van der Waals surface area contributed by atoms with Crippen molar-refractivity contribution in [3.8, 4) is 0 Å².